The number of benzene rings is 2. The fourth-order valence-electron chi connectivity index (χ4n) is 1.64. The van der Waals surface area contributed by atoms with Crippen LogP contribution in [0, 0.1) is 26.0 Å². The summed E-state index contributed by atoms with van der Waals surface area (Å²) in [5.74, 6) is 0. The van der Waals surface area contributed by atoms with E-state index in [1.165, 1.54) is 0 Å². The monoisotopic (exact) mass is 360 g/mol. The van der Waals surface area contributed by atoms with Crippen LogP contribution in [0.5, 0.6) is 0 Å². The number of hydrogen-bond donors (Lipinski definition) is 0. The summed E-state index contributed by atoms with van der Waals surface area (Å²) in [6, 6.07) is 19.7. The summed E-state index contributed by atoms with van der Waals surface area (Å²) < 4.78 is 0. The zero-order valence-electron chi connectivity index (χ0n) is 14.6. The van der Waals surface area contributed by atoms with Crippen molar-refractivity contribution in [3.8, 4) is 0 Å². The van der Waals surface area contributed by atoms with Crippen molar-refractivity contribution in [2.45, 2.75) is 12.8 Å². The molecule has 0 N–H and O–H groups in total. The Morgan fingerprint density at radius 3 is 1.08 bits per heavy atom. The maximum atomic E-state index is 3.72. The Morgan fingerprint density at radius 1 is 0.600 bits per heavy atom. The second-order valence-corrected chi connectivity index (χ2v) is 4.98. The van der Waals surface area contributed by atoms with Crippen molar-refractivity contribution >= 4 is 0 Å². The Hall–Kier alpha value is -2.15. The summed E-state index contributed by atoms with van der Waals surface area (Å²) in [5, 5.41) is 0. The number of allylic oxidation sites excluding steroid dienone is 8. The molecule has 0 nitrogen and oxygen atoms in total. The van der Waals surface area contributed by atoms with Gasteiger partial charge in [-0.1, -0.05) is 12.1 Å². The Morgan fingerprint density at radius 2 is 0.960 bits per heavy atom. The van der Waals surface area contributed by atoms with Crippen molar-refractivity contribution in [3.63, 3.8) is 0 Å². The molecular weight excluding hydrogens is 336 g/mol. The fraction of sp³-hybridized carbons (Fsp3) is 0.0833. The summed E-state index contributed by atoms with van der Waals surface area (Å²) >= 11 is 0. The molecule has 0 unspecified atom stereocenters. The molecule has 4 rings (SSSR count). The minimum atomic E-state index is 0. The van der Waals surface area contributed by atoms with Gasteiger partial charge in [-0.15, -0.1) is 37.1 Å². The average molecular weight is 360 g/mol. The molecule has 0 saturated heterocycles. The molecule has 124 valence electrons. The molecule has 0 radical (unpaired) electrons. The SMILES string of the molecule is [C-]1=CC=CC1.[C-]1=CC=CC1.[CH2-]c1ccccc1.[CH2-]c1ccccc1.[Ti+4]. The Labute approximate surface area is 168 Å². The molecule has 2 aromatic rings. The molecule has 0 saturated carbocycles. The molecule has 1 heteroatoms. The van der Waals surface area contributed by atoms with Gasteiger partial charge >= 0.3 is 21.7 Å². The van der Waals surface area contributed by atoms with Gasteiger partial charge in [0.1, 0.15) is 0 Å². The van der Waals surface area contributed by atoms with Crippen LogP contribution in [0.1, 0.15) is 24.0 Å². The summed E-state index contributed by atoms with van der Waals surface area (Å²) in [6.07, 6.45) is 20.0. The molecule has 0 amide bonds. The fourth-order valence-corrected chi connectivity index (χ4v) is 1.64. The van der Waals surface area contributed by atoms with Gasteiger partial charge in [0.15, 0.2) is 0 Å². The quantitative estimate of drug-likeness (QED) is 0.379. The first kappa shape index (κ1) is 22.9. The van der Waals surface area contributed by atoms with Gasteiger partial charge < -0.3 is 0 Å². The van der Waals surface area contributed by atoms with Crippen LogP contribution in [0.4, 0.5) is 0 Å². The maximum Gasteiger partial charge on any atom is 4.00 e. The largest absolute Gasteiger partial charge is 4.00 e. The molecule has 0 atom stereocenters. The minimum absolute atomic E-state index is 0. The van der Waals surface area contributed by atoms with Gasteiger partial charge in [-0.2, -0.15) is 61.4 Å². The van der Waals surface area contributed by atoms with Crippen LogP contribution in [0.15, 0.2) is 97.1 Å². The van der Waals surface area contributed by atoms with Crippen LogP contribution in [0.25, 0.3) is 0 Å². The standard InChI is InChI=1S/2C7H7.2C5H5.Ti/c2*1-7-5-3-2-4-6-7;2*1-2-4-5-3-1;/h2*2-6H,1H2;2*1-3H,4H2;/q4*-1;+4. The van der Waals surface area contributed by atoms with Crippen molar-refractivity contribution in [3.05, 3.63) is 134 Å². The van der Waals surface area contributed by atoms with E-state index in [0.717, 1.165) is 24.0 Å². The maximum absolute atomic E-state index is 3.72. The molecule has 0 fully saturated rings. The smallest absolute Gasteiger partial charge is 0.273 e. The molecule has 0 spiro atoms. The van der Waals surface area contributed by atoms with Gasteiger partial charge in [0, 0.05) is 0 Å². The molecular formula is C24H24Ti. The summed E-state index contributed by atoms with van der Waals surface area (Å²) in [5.41, 5.74) is 2.14. The predicted octanol–water partition coefficient (Wildman–Crippen LogP) is 6.35. The van der Waals surface area contributed by atoms with Crippen LogP contribution < -0.4 is 0 Å². The van der Waals surface area contributed by atoms with E-state index >= 15 is 0 Å². The van der Waals surface area contributed by atoms with E-state index in [1.807, 2.05) is 85.0 Å². The Bertz CT molecular complexity index is 555. The van der Waals surface area contributed by atoms with E-state index in [0.29, 0.717) is 0 Å². The van der Waals surface area contributed by atoms with Crippen molar-refractivity contribution < 1.29 is 21.7 Å². The topological polar surface area (TPSA) is 0 Å². The molecule has 2 aliphatic rings. The third kappa shape index (κ3) is 15.1. The second-order valence-electron chi connectivity index (χ2n) is 4.98. The zero-order chi connectivity index (χ0) is 17.3. The van der Waals surface area contributed by atoms with Crippen LogP contribution in [-0.2, 0) is 21.7 Å². The number of hydrogen-bond acceptors (Lipinski definition) is 0. The first-order chi connectivity index (χ1) is 11.8. The normalized spacial score (nSPS) is 11.8. The van der Waals surface area contributed by atoms with Gasteiger partial charge in [0.2, 0.25) is 0 Å². The van der Waals surface area contributed by atoms with Crippen molar-refractivity contribution in [2.75, 3.05) is 0 Å². The van der Waals surface area contributed by atoms with Crippen molar-refractivity contribution in [2.24, 2.45) is 0 Å². The minimum Gasteiger partial charge on any atom is -0.273 e. The average Bonchev–Trinajstić information content (AvgIpc) is 3.36. The van der Waals surface area contributed by atoms with E-state index in [-0.39, 0.29) is 21.7 Å². The van der Waals surface area contributed by atoms with E-state index < -0.39 is 0 Å². The molecule has 0 aliphatic heterocycles. The Balaban J connectivity index is 0.000000307. The summed E-state index contributed by atoms with van der Waals surface area (Å²) in [4.78, 5) is 0. The van der Waals surface area contributed by atoms with Crippen LogP contribution in [0.2, 0.25) is 0 Å². The van der Waals surface area contributed by atoms with Crippen LogP contribution >= 0.6 is 0 Å². The van der Waals surface area contributed by atoms with Gasteiger partial charge in [-0.3, -0.25) is 12.2 Å². The van der Waals surface area contributed by atoms with E-state index in [1.54, 1.807) is 0 Å². The third-order valence-corrected chi connectivity index (χ3v) is 2.86. The van der Waals surface area contributed by atoms with Gasteiger partial charge in [0.25, 0.3) is 0 Å². The van der Waals surface area contributed by atoms with Crippen LogP contribution in [0.3, 0.4) is 0 Å². The molecule has 25 heavy (non-hydrogen) atoms. The first-order valence-electron chi connectivity index (χ1n) is 7.96. The molecule has 0 heterocycles. The summed E-state index contributed by atoms with van der Waals surface area (Å²) in [7, 11) is 0. The Kier molecular flexibility index (Phi) is 15.3. The molecule has 0 aromatic heterocycles. The molecule has 2 aromatic carbocycles. The second kappa shape index (κ2) is 16.7. The van der Waals surface area contributed by atoms with Gasteiger partial charge in [0.05, 0.1) is 0 Å². The van der Waals surface area contributed by atoms with E-state index in [2.05, 4.69) is 38.2 Å². The van der Waals surface area contributed by atoms with Crippen molar-refractivity contribution in [1.82, 2.24) is 0 Å². The van der Waals surface area contributed by atoms with Crippen molar-refractivity contribution in [1.29, 1.82) is 0 Å². The number of rotatable bonds is 0. The molecule has 0 bridgehead atoms. The first-order valence-corrected chi connectivity index (χ1v) is 7.96. The predicted molar refractivity (Wildman–Crippen MR) is 105 cm³/mol. The van der Waals surface area contributed by atoms with Crippen LogP contribution in [-0.4, -0.2) is 0 Å². The third-order valence-electron chi connectivity index (χ3n) is 2.86. The molecule has 2 aliphatic carbocycles. The van der Waals surface area contributed by atoms with E-state index in [9.17, 15) is 0 Å². The van der Waals surface area contributed by atoms with E-state index in [4.69, 9.17) is 0 Å². The van der Waals surface area contributed by atoms with Gasteiger partial charge in [-0.05, 0) is 0 Å². The van der Waals surface area contributed by atoms with Gasteiger partial charge in [-0.25, -0.2) is 24.3 Å². The zero-order valence-corrected chi connectivity index (χ0v) is 16.1. The summed E-state index contributed by atoms with van der Waals surface area (Å²) in [6.45, 7) is 7.44.